The summed E-state index contributed by atoms with van der Waals surface area (Å²) < 4.78 is 0. The molecule has 1 aromatic heterocycles. The third-order valence-corrected chi connectivity index (χ3v) is 5.77. The normalized spacial score (nSPS) is 28.8. The van der Waals surface area contributed by atoms with Gasteiger partial charge in [0.15, 0.2) is 0 Å². The second kappa shape index (κ2) is 7.39. The molecule has 2 amide bonds. The number of aliphatic imine (C=N–C) groups is 1. The predicted molar refractivity (Wildman–Crippen MR) is 100 cm³/mol. The van der Waals surface area contributed by atoms with Gasteiger partial charge < -0.3 is 20.3 Å². The van der Waals surface area contributed by atoms with Gasteiger partial charge in [-0.1, -0.05) is 20.8 Å². The highest BCUT2D eigenvalue weighted by Crippen LogP contribution is 2.46. The number of rotatable bonds is 4. The average molecular weight is 389 g/mol. The molecule has 3 unspecified atom stereocenters. The lowest BCUT2D eigenvalue weighted by atomic mass is 9.63. The van der Waals surface area contributed by atoms with Gasteiger partial charge in [-0.3, -0.25) is 0 Å². The van der Waals surface area contributed by atoms with Gasteiger partial charge in [0, 0.05) is 13.0 Å². The summed E-state index contributed by atoms with van der Waals surface area (Å²) in [5.74, 6) is -1.05. The number of nitrogens with zero attached hydrogens (tertiary/aromatic N) is 3. The van der Waals surface area contributed by atoms with Gasteiger partial charge in [-0.25, -0.2) is 24.4 Å². The summed E-state index contributed by atoms with van der Waals surface area (Å²) in [6.07, 6.45) is 5.72. The van der Waals surface area contributed by atoms with Crippen molar-refractivity contribution in [3.8, 4) is 0 Å². The molecule has 2 aliphatic rings. The minimum Gasteiger partial charge on any atom is -0.480 e. The van der Waals surface area contributed by atoms with E-state index < -0.39 is 18.0 Å². The quantitative estimate of drug-likeness (QED) is 0.535. The van der Waals surface area contributed by atoms with Crippen molar-refractivity contribution in [1.29, 1.82) is 0 Å². The number of hydrogen-bond donors (Lipinski definition) is 3. The number of imidazole rings is 1. The maximum absolute atomic E-state index is 12.8. The highest BCUT2D eigenvalue weighted by atomic mass is 16.4. The smallest absolute Gasteiger partial charge is 0.326 e. The molecule has 1 fully saturated rings. The highest BCUT2D eigenvalue weighted by Gasteiger charge is 2.42. The number of amides is 2. The van der Waals surface area contributed by atoms with Crippen molar-refractivity contribution in [2.24, 2.45) is 15.8 Å². The number of aromatic nitrogens is 2. The molecule has 3 rings (SSSR count). The lowest BCUT2D eigenvalue weighted by molar-refractivity contribution is -0.142. The Morgan fingerprint density at radius 3 is 2.86 bits per heavy atom. The van der Waals surface area contributed by atoms with Gasteiger partial charge >= 0.3 is 12.0 Å². The van der Waals surface area contributed by atoms with E-state index in [9.17, 15) is 19.5 Å². The van der Waals surface area contributed by atoms with Crippen LogP contribution in [0.15, 0.2) is 11.3 Å². The summed E-state index contributed by atoms with van der Waals surface area (Å²) in [4.78, 5) is 47.6. The Hall–Kier alpha value is -2.67. The first kappa shape index (κ1) is 20.1. The van der Waals surface area contributed by atoms with Crippen LogP contribution in [0.4, 0.5) is 4.79 Å². The van der Waals surface area contributed by atoms with Crippen molar-refractivity contribution >= 4 is 18.1 Å². The lowest BCUT2D eigenvalue weighted by Gasteiger charge is -2.45. The lowest BCUT2D eigenvalue weighted by Crippen LogP contribution is -2.54. The van der Waals surface area contributed by atoms with E-state index in [1.165, 1.54) is 11.2 Å². The predicted octanol–water partition coefficient (Wildman–Crippen LogP) is 1.85. The number of nitrogens with one attached hydrogen (secondary N) is 2. The Kier molecular flexibility index (Phi) is 5.30. The van der Waals surface area contributed by atoms with Crippen molar-refractivity contribution in [2.75, 3.05) is 6.54 Å². The summed E-state index contributed by atoms with van der Waals surface area (Å²) >= 11 is 0. The van der Waals surface area contributed by atoms with Crippen LogP contribution in [0.2, 0.25) is 0 Å². The Morgan fingerprint density at radius 2 is 2.18 bits per heavy atom. The summed E-state index contributed by atoms with van der Waals surface area (Å²) in [5.41, 5.74) is 1.20. The zero-order chi connectivity index (χ0) is 20.5. The molecule has 9 nitrogen and oxygen atoms in total. The van der Waals surface area contributed by atoms with Crippen molar-refractivity contribution in [3.63, 3.8) is 0 Å². The first-order valence-electron chi connectivity index (χ1n) is 9.48. The third-order valence-electron chi connectivity index (χ3n) is 5.77. The van der Waals surface area contributed by atoms with E-state index in [0.717, 1.165) is 18.5 Å². The summed E-state index contributed by atoms with van der Waals surface area (Å²) in [7, 11) is 0. The Labute approximate surface area is 163 Å². The minimum absolute atomic E-state index is 0.0116. The first-order valence-corrected chi connectivity index (χ1v) is 9.48. The van der Waals surface area contributed by atoms with E-state index in [1.807, 2.05) is 0 Å². The zero-order valence-corrected chi connectivity index (χ0v) is 16.5. The number of aliphatic carboxylic acids is 1. The average Bonchev–Trinajstić information content (AvgIpc) is 3.04. The van der Waals surface area contributed by atoms with Gasteiger partial charge in [0.1, 0.15) is 6.04 Å². The standard InChI is InChI=1S/C19H27N5O4/c1-18(2)5-12(23-11-25)6-19(3,8-18)9-20-17(28)24-7-14-13(21-10-22-14)4-15(24)16(26)27/h10,12,15H,4-9H2,1-3H3,(H,20,28)(H,21,22)(H,26,27). The molecule has 0 saturated heterocycles. The van der Waals surface area contributed by atoms with E-state index in [1.54, 1.807) is 6.08 Å². The Morgan fingerprint density at radius 1 is 1.43 bits per heavy atom. The summed E-state index contributed by atoms with van der Waals surface area (Å²) in [6.45, 7) is 6.89. The van der Waals surface area contributed by atoms with Crippen molar-refractivity contribution in [2.45, 2.75) is 65.1 Å². The number of aromatic amines is 1. The highest BCUT2D eigenvalue weighted by molar-refractivity contribution is 5.83. The monoisotopic (exact) mass is 389 g/mol. The molecule has 28 heavy (non-hydrogen) atoms. The second-order valence-corrected chi connectivity index (χ2v) is 9.11. The van der Waals surface area contributed by atoms with Crippen LogP contribution in [0, 0.1) is 10.8 Å². The van der Waals surface area contributed by atoms with Crippen molar-refractivity contribution in [3.05, 3.63) is 17.7 Å². The van der Waals surface area contributed by atoms with Gasteiger partial charge in [-0.15, -0.1) is 0 Å². The van der Waals surface area contributed by atoms with Crippen LogP contribution in [-0.4, -0.2) is 56.7 Å². The van der Waals surface area contributed by atoms with E-state index >= 15 is 0 Å². The molecule has 3 N–H and O–H groups in total. The molecule has 0 radical (unpaired) electrons. The van der Waals surface area contributed by atoms with Crippen LogP contribution in [0.3, 0.4) is 0 Å². The Bertz CT molecular complexity index is 813. The maximum atomic E-state index is 12.8. The Balaban J connectivity index is 1.70. The molecule has 1 aliphatic heterocycles. The molecule has 0 spiro atoms. The second-order valence-electron chi connectivity index (χ2n) is 9.11. The van der Waals surface area contributed by atoms with Gasteiger partial charge in [0.05, 0.1) is 30.3 Å². The molecule has 2 heterocycles. The molecule has 0 aromatic carbocycles. The number of isocyanates is 1. The number of carboxylic acids is 1. The van der Waals surface area contributed by atoms with Crippen LogP contribution in [0.1, 0.15) is 51.4 Å². The molecular weight excluding hydrogens is 362 g/mol. The maximum Gasteiger partial charge on any atom is 0.326 e. The van der Waals surface area contributed by atoms with Gasteiger partial charge in [-0.2, -0.15) is 0 Å². The molecule has 1 aromatic rings. The minimum atomic E-state index is -1.05. The van der Waals surface area contributed by atoms with Crippen molar-refractivity contribution < 1.29 is 19.5 Å². The van der Waals surface area contributed by atoms with E-state index in [0.29, 0.717) is 18.7 Å². The van der Waals surface area contributed by atoms with Gasteiger partial charge in [0.25, 0.3) is 0 Å². The van der Waals surface area contributed by atoms with Gasteiger partial charge in [-0.05, 0) is 30.1 Å². The fraction of sp³-hybridized carbons (Fsp3) is 0.684. The van der Waals surface area contributed by atoms with E-state index in [2.05, 4.69) is 41.0 Å². The molecule has 3 atom stereocenters. The molecule has 0 bridgehead atoms. The van der Waals surface area contributed by atoms with Crippen molar-refractivity contribution in [1.82, 2.24) is 20.2 Å². The number of carboxylic acid groups (broad SMARTS) is 1. The van der Waals surface area contributed by atoms with Crippen LogP contribution in [0.25, 0.3) is 0 Å². The molecule has 1 saturated carbocycles. The SMILES string of the molecule is CC1(C)CC(N=C=O)CC(C)(CNC(=O)N2Cc3[nH]cnc3CC2C(=O)O)C1. The summed E-state index contributed by atoms with van der Waals surface area (Å²) in [5, 5.41) is 12.5. The molecule has 9 heteroatoms. The number of urea groups is 1. The molecule has 1 aliphatic carbocycles. The number of fused-ring (bicyclic) bond motifs is 1. The van der Waals surface area contributed by atoms with Crippen LogP contribution in [0.5, 0.6) is 0 Å². The van der Waals surface area contributed by atoms with Crippen LogP contribution in [-0.2, 0) is 22.6 Å². The van der Waals surface area contributed by atoms with E-state index in [4.69, 9.17) is 0 Å². The molecule has 152 valence electrons. The third kappa shape index (κ3) is 4.25. The zero-order valence-electron chi connectivity index (χ0n) is 16.5. The molecular formula is C19H27N5O4. The fourth-order valence-electron chi connectivity index (χ4n) is 4.94. The van der Waals surface area contributed by atoms with Crippen LogP contribution < -0.4 is 5.32 Å². The van der Waals surface area contributed by atoms with E-state index in [-0.39, 0.29) is 29.8 Å². The largest absolute Gasteiger partial charge is 0.480 e. The first-order chi connectivity index (χ1) is 13.1. The number of carbonyl (C=O) groups is 2. The number of hydrogen-bond acceptors (Lipinski definition) is 5. The topological polar surface area (TPSA) is 128 Å². The fourth-order valence-corrected chi connectivity index (χ4v) is 4.94. The van der Waals surface area contributed by atoms with Gasteiger partial charge in [0.2, 0.25) is 6.08 Å². The number of carbonyl (C=O) groups excluding carboxylic acids is 2. The number of H-pyrrole nitrogens is 1. The van der Waals surface area contributed by atoms with Crippen LogP contribution >= 0.6 is 0 Å². The summed E-state index contributed by atoms with van der Waals surface area (Å²) in [6, 6.07) is -1.47.